The lowest BCUT2D eigenvalue weighted by Gasteiger charge is -2.29. The molecule has 25 heavy (non-hydrogen) atoms. The van der Waals surface area contributed by atoms with Crippen LogP contribution in [0, 0.1) is 11.8 Å². The van der Waals surface area contributed by atoms with Crippen LogP contribution in [-0.2, 0) is 19.3 Å². The van der Waals surface area contributed by atoms with Gasteiger partial charge in [0.15, 0.2) is 0 Å². The Labute approximate surface area is 153 Å². The number of benzene rings is 2. The first-order valence-corrected chi connectivity index (χ1v) is 10.1. The van der Waals surface area contributed by atoms with E-state index in [0.29, 0.717) is 0 Å². The van der Waals surface area contributed by atoms with Crippen LogP contribution in [-0.4, -0.2) is 0 Å². The Morgan fingerprint density at radius 2 is 1.72 bits per heavy atom. The first-order chi connectivity index (χ1) is 12.2. The summed E-state index contributed by atoms with van der Waals surface area (Å²) in [7, 11) is 0. The van der Waals surface area contributed by atoms with Crippen molar-refractivity contribution in [2.24, 2.45) is 11.8 Å². The Balaban J connectivity index is 1.73. The summed E-state index contributed by atoms with van der Waals surface area (Å²) >= 11 is 0. The molecule has 2 aliphatic carbocycles. The van der Waals surface area contributed by atoms with Gasteiger partial charge >= 0.3 is 0 Å². The van der Waals surface area contributed by atoms with Gasteiger partial charge in [0.2, 0.25) is 0 Å². The van der Waals surface area contributed by atoms with Crippen molar-refractivity contribution in [3.63, 3.8) is 0 Å². The number of fused-ring (bicyclic) bond motifs is 3. The summed E-state index contributed by atoms with van der Waals surface area (Å²) in [4.78, 5) is 0. The molecule has 0 aromatic heterocycles. The van der Waals surface area contributed by atoms with Crippen LogP contribution in [0.4, 0.5) is 0 Å². The topological polar surface area (TPSA) is 0 Å². The molecule has 130 valence electrons. The summed E-state index contributed by atoms with van der Waals surface area (Å²) in [5.74, 6) is 1.63. The van der Waals surface area contributed by atoms with Crippen LogP contribution in [0.25, 0.3) is 11.1 Å². The van der Waals surface area contributed by atoms with Crippen LogP contribution in [0.15, 0.2) is 54.1 Å². The lowest BCUT2D eigenvalue weighted by molar-refractivity contribution is 0.302. The minimum atomic E-state index is 0.781. The molecule has 2 aliphatic rings. The van der Waals surface area contributed by atoms with E-state index in [9.17, 15) is 0 Å². The summed E-state index contributed by atoms with van der Waals surface area (Å²) in [6.07, 6.45) is 11.4. The average Bonchev–Trinajstić information content (AvgIpc) is 2.79. The zero-order valence-corrected chi connectivity index (χ0v) is 15.7. The zero-order valence-electron chi connectivity index (χ0n) is 15.7. The molecule has 0 heterocycles. The first-order valence-electron chi connectivity index (χ1n) is 10.1. The summed E-state index contributed by atoms with van der Waals surface area (Å²) < 4.78 is 0. The predicted molar refractivity (Wildman–Crippen MR) is 108 cm³/mol. The fourth-order valence-electron chi connectivity index (χ4n) is 4.87. The SMILES string of the molecule is CCCc1ccc2c(c1)CC(C1CC=C(C)CC1)Cc1ccccc1-2. The Morgan fingerprint density at radius 3 is 2.52 bits per heavy atom. The van der Waals surface area contributed by atoms with Gasteiger partial charge in [-0.25, -0.2) is 0 Å². The molecule has 0 spiro atoms. The van der Waals surface area contributed by atoms with Gasteiger partial charge in [-0.1, -0.05) is 67.5 Å². The molecule has 2 atom stereocenters. The van der Waals surface area contributed by atoms with E-state index in [2.05, 4.69) is 62.4 Å². The van der Waals surface area contributed by atoms with E-state index in [1.807, 2.05) is 0 Å². The second-order valence-electron chi connectivity index (χ2n) is 8.15. The molecule has 2 aromatic rings. The van der Waals surface area contributed by atoms with Gasteiger partial charge in [0.25, 0.3) is 0 Å². The van der Waals surface area contributed by atoms with Crippen LogP contribution in [0.3, 0.4) is 0 Å². The van der Waals surface area contributed by atoms with Crippen molar-refractivity contribution in [1.82, 2.24) is 0 Å². The minimum absolute atomic E-state index is 0.781. The fourth-order valence-corrected chi connectivity index (χ4v) is 4.87. The maximum atomic E-state index is 2.51. The Bertz CT molecular complexity index is 780. The molecule has 0 aliphatic heterocycles. The van der Waals surface area contributed by atoms with Gasteiger partial charge in [0.1, 0.15) is 0 Å². The highest BCUT2D eigenvalue weighted by Gasteiger charge is 2.28. The van der Waals surface area contributed by atoms with E-state index in [4.69, 9.17) is 0 Å². The van der Waals surface area contributed by atoms with Crippen LogP contribution in [0.2, 0.25) is 0 Å². The summed E-state index contributed by atoms with van der Waals surface area (Å²) in [5.41, 5.74) is 9.22. The van der Waals surface area contributed by atoms with Gasteiger partial charge < -0.3 is 0 Å². The third-order valence-corrected chi connectivity index (χ3v) is 6.33. The smallest absolute Gasteiger partial charge is 0.0149 e. The van der Waals surface area contributed by atoms with Crippen LogP contribution < -0.4 is 0 Å². The molecule has 4 rings (SSSR count). The predicted octanol–water partition coefficient (Wildman–Crippen LogP) is 6.77. The molecule has 0 bridgehead atoms. The van der Waals surface area contributed by atoms with Gasteiger partial charge in [-0.2, -0.15) is 0 Å². The summed E-state index contributed by atoms with van der Waals surface area (Å²) in [6, 6.07) is 16.4. The van der Waals surface area contributed by atoms with Crippen LogP contribution in [0.1, 0.15) is 56.2 Å². The Kier molecular flexibility index (Phi) is 4.79. The molecule has 0 saturated carbocycles. The van der Waals surface area contributed by atoms with Gasteiger partial charge in [0, 0.05) is 0 Å². The molecular formula is C25H30. The van der Waals surface area contributed by atoms with E-state index in [-0.39, 0.29) is 0 Å². The van der Waals surface area contributed by atoms with Gasteiger partial charge in [-0.15, -0.1) is 0 Å². The number of hydrogen-bond acceptors (Lipinski definition) is 0. The molecule has 0 radical (unpaired) electrons. The normalized spacial score (nSPS) is 22.6. The second-order valence-corrected chi connectivity index (χ2v) is 8.15. The van der Waals surface area contributed by atoms with Crippen molar-refractivity contribution in [3.05, 3.63) is 70.8 Å². The molecule has 2 unspecified atom stereocenters. The molecule has 2 aromatic carbocycles. The highest BCUT2D eigenvalue weighted by atomic mass is 14.3. The molecule has 0 heteroatoms. The summed E-state index contributed by atoms with van der Waals surface area (Å²) in [5, 5.41) is 0. The maximum absolute atomic E-state index is 2.51. The average molecular weight is 331 g/mol. The van der Waals surface area contributed by atoms with E-state index >= 15 is 0 Å². The minimum Gasteiger partial charge on any atom is -0.0853 e. The lowest BCUT2D eigenvalue weighted by Crippen LogP contribution is -2.21. The monoisotopic (exact) mass is 330 g/mol. The second kappa shape index (κ2) is 7.20. The standard InChI is InChI=1S/C25H30/c1-3-6-19-11-14-25-23(15-19)17-22(20-12-9-18(2)10-13-20)16-21-7-4-5-8-24(21)25/h4-5,7-9,11,14-15,20,22H,3,6,10,12-13,16-17H2,1-2H3. The Hall–Kier alpha value is -1.82. The number of hydrogen-bond donors (Lipinski definition) is 0. The largest absolute Gasteiger partial charge is 0.0853 e. The van der Waals surface area contributed by atoms with Gasteiger partial charge in [0.05, 0.1) is 0 Å². The highest BCUT2D eigenvalue weighted by molar-refractivity contribution is 5.72. The fraction of sp³-hybridized carbons (Fsp3) is 0.440. The Morgan fingerprint density at radius 1 is 0.920 bits per heavy atom. The number of allylic oxidation sites excluding steroid dienone is 2. The van der Waals surface area contributed by atoms with Crippen molar-refractivity contribution in [1.29, 1.82) is 0 Å². The van der Waals surface area contributed by atoms with E-state index < -0.39 is 0 Å². The third kappa shape index (κ3) is 3.45. The number of rotatable bonds is 3. The maximum Gasteiger partial charge on any atom is -0.0149 e. The lowest BCUT2D eigenvalue weighted by atomic mass is 9.76. The van der Waals surface area contributed by atoms with Gasteiger partial charge in [-0.3, -0.25) is 0 Å². The molecule has 0 nitrogen and oxygen atoms in total. The quantitative estimate of drug-likeness (QED) is 0.545. The molecule has 0 N–H and O–H groups in total. The van der Waals surface area contributed by atoms with E-state index in [1.165, 1.54) is 61.6 Å². The molecule has 0 fully saturated rings. The molecule has 0 amide bonds. The van der Waals surface area contributed by atoms with Gasteiger partial charge in [-0.05, 0) is 85.1 Å². The van der Waals surface area contributed by atoms with Crippen LogP contribution in [0.5, 0.6) is 0 Å². The van der Waals surface area contributed by atoms with E-state index in [1.54, 1.807) is 16.7 Å². The molecule has 0 saturated heterocycles. The van der Waals surface area contributed by atoms with Crippen molar-refractivity contribution >= 4 is 0 Å². The summed E-state index contributed by atoms with van der Waals surface area (Å²) in [6.45, 7) is 4.57. The third-order valence-electron chi connectivity index (χ3n) is 6.33. The first kappa shape index (κ1) is 16.6. The zero-order chi connectivity index (χ0) is 17.2. The number of aryl methyl sites for hydroxylation is 1. The molecular weight excluding hydrogens is 300 g/mol. The van der Waals surface area contributed by atoms with Crippen molar-refractivity contribution < 1.29 is 0 Å². The van der Waals surface area contributed by atoms with Crippen molar-refractivity contribution in [2.45, 2.75) is 58.8 Å². The highest BCUT2D eigenvalue weighted by Crippen LogP contribution is 2.40. The van der Waals surface area contributed by atoms with Crippen LogP contribution >= 0.6 is 0 Å². The van der Waals surface area contributed by atoms with Crippen molar-refractivity contribution in [2.75, 3.05) is 0 Å². The van der Waals surface area contributed by atoms with E-state index in [0.717, 1.165) is 11.8 Å². The van der Waals surface area contributed by atoms with Crippen molar-refractivity contribution in [3.8, 4) is 11.1 Å².